The van der Waals surface area contributed by atoms with Crippen LogP contribution >= 0.6 is 11.3 Å². The summed E-state index contributed by atoms with van der Waals surface area (Å²) in [6.45, 7) is 7.69. The third-order valence-electron chi connectivity index (χ3n) is 6.61. The Morgan fingerprint density at radius 2 is 1.88 bits per heavy atom. The van der Waals surface area contributed by atoms with E-state index < -0.39 is 22.7 Å². The molecule has 1 aliphatic rings. The summed E-state index contributed by atoms with van der Waals surface area (Å²) in [5.41, 5.74) is -0.205. The standard InChI is InChI=1S/C24H29F3N4O2S/c1-13(2)14-5-7-16(8-6-14)31-11-15-9-19(17(23(3,4)33)10-18(15)30-31)28-21(32)20-12-34-22(29-20)24(25,26)27/h9-14,16,33H,5-8H2,1-4H3,(H,28,32)/t14-,16-. The molecule has 0 saturated heterocycles. The Labute approximate surface area is 200 Å². The van der Waals surface area contributed by atoms with Gasteiger partial charge in [-0.1, -0.05) is 13.8 Å². The zero-order valence-electron chi connectivity index (χ0n) is 19.6. The van der Waals surface area contributed by atoms with Crippen LogP contribution in [0.25, 0.3) is 10.9 Å². The van der Waals surface area contributed by atoms with Gasteiger partial charge in [-0.3, -0.25) is 9.48 Å². The molecule has 1 aromatic carbocycles. The van der Waals surface area contributed by atoms with E-state index in [4.69, 9.17) is 5.10 Å². The van der Waals surface area contributed by atoms with Crippen molar-refractivity contribution in [2.45, 2.75) is 71.2 Å². The van der Waals surface area contributed by atoms with Crippen molar-refractivity contribution in [1.82, 2.24) is 14.8 Å². The minimum atomic E-state index is -4.61. The lowest BCUT2D eigenvalue weighted by Gasteiger charge is -2.30. The van der Waals surface area contributed by atoms with Gasteiger partial charge in [0, 0.05) is 28.2 Å². The van der Waals surface area contributed by atoms with Crippen LogP contribution in [0.4, 0.5) is 18.9 Å². The number of carbonyl (C=O) groups is 1. The number of thiazole rings is 1. The average molecular weight is 495 g/mol. The maximum Gasteiger partial charge on any atom is 0.443 e. The zero-order chi connectivity index (χ0) is 24.8. The van der Waals surface area contributed by atoms with Gasteiger partial charge in [0.15, 0.2) is 5.01 Å². The first kappa shape index (κ1) is 24.7. The second-order valence-electron chi connectivity index (χ2n) is 9.93. The topological polar surface area (TPSA) is 80.0 Å². The molecule has 0 aliphatic heterocycles. The van der Waals surface area contributed by atoms with E-state index in [2.05, 4.69) is 24.1 Å². The third kappa shape index (κ3) is 5.12. The Morgan fingerprint density at radius 3 is 2.44 bits per heavy atom. The lowest BCUT2D eigenvalue weighted by atomic mass is 9.80. The molecule has 3 aromatic rings. The zero-order valence-corrected chi connectivity index (χ0v) is 20.4. The number of nitrogens with one attached hydrogen (secondary N) is 1. The number of amides is 1. The van der Waals surface area contributed by atoms with Gasteiger partial charge in [-0.25, -0.2) is 4.98 Å². The van der Waals surface area contributed by atoms with Crippen LogP contribution in [0.15, 0.2) is 23.7 Å². The van der Waals surface area contributed by atoms with Gasteiger partial charge in [0.05, 0.1) is 17.2 Å². The van der Waals surface area contributed by atoms with Crippen molar-refractivity contribution in [2.75, 3.05) is 5.32 Å². The Hall–Kier alpha value is -2.46. The number of carbonyl (C=O) groups excluding carboxylic acids is 1. The van der Waals surface area contributed by atoms with Gasteiger partial charge in [-0.05, 0) is 63.5 Å². The summed E-state index contributed by atoms with van der Waals surface area (Å²) in [6.07, 6.45) is 1.73. The second-order valence-corrected chi connectivity index (χ2v) is 10.8. The Balaban J connectivity index is 1.62. The number of benzene rings is 1. The normalized spacial score (nSPS) is 19.7. The van der Waals surface area contributed by atoms with Gasteiger partial charge in [-0.2, -0.15) is 18.3 Å². The van der Waals surface area contributed by atoms with Gasteiger partial charge in [0.2, 0.25) is 0 Å². The highest BCUT2D eigenvalue weighted by Gasteiger charge is 2.35. The van der Waals surface area contributed by atoms with E-state index in [1.165, 1.54) is 0 Å². The molecular formula is C24H29F3N4O2S. The van der Waals surface area contributed by atoms with E-state index in [0.717, 1.165) is 42.4 Å². The second kappa shape index (κ2) is 8.96. The quantitative estimate of drug-likeness (QED) is 0.431. The van der Waals surface area contributed by atoms with Crippen LogP contribution in [0, 0.1) is 11.8 Å². The Bertz CT molecular complexity index is 1190. The highest BCUT2D eigenvalue weighted by Crippen LogP contribution is 2.38. The number of halogens is 3. The van der Waals surface area contributed by atoms with Crippen molar-refractivity contribution >= 4 is 33.8 Å². The predicted octanol–water partition coefficient (Wildman–Crippen LogP) is 6.38. The molecule has 0 radical (unpaired) electrons. The van der Waals surface area contributed by atoms with Crippen LogP contribution in [0.1, 0.15) is 80.5 Å². The SMILES string of the molecule is CC(C)[C@H]1CC[C@H](n2cc3cc(NC(=O)c4csc(C(F)(F)F)n4)c(C(C)(C)O)cc3n2)CC1. The molecule has 6 nitrogen and oxygen atoms in total. The summed E-state index contributed by atoms with van der Waals surface area (Å²) in [6, 6.07) is 3.73. The van der Waals surface area contributed by atoms with E-state index in [1.807, 2.05) is 10.9 Å². The highest BCUT2D eigenvalue weighted by atomic mass is 32.1. The number of nitrogens with zero attached hydrogens (tertiary/aromatic N) is 3. The van der Waals surface area contributed by atoms with Gasteiger partial charge in [0.25, 0.3) is 5.91 Å². The summed E-state index contributed by atoms with van der Waals surface area (Å²) in [4.78, 5) is 16.1. The largest absolute Gasteiger partial charge is 0.443 e. The third-order valence-corrected chi connectivity index (χ3v) is 7.49. The van der Waals surface area contributed by atoms with E-state index in [-0.39, 0.29) is 5.69 Å². The fourth-order valence-corrected chi connectivity index (χ4v) is 5.28. The summed E-state index contributed by atoms with van der Waals surface area (Å²) in [7, 11) is 0. The first-order valence-electron chi connectivity index (χ1n) is 11.4. The van der Waals surface area contributed by atoms with Crippen molar-refractivity contribution in [1.29, 1.82) is 0 Å². The van der Waals surface area contributed by atoms with E-state index in [1.54, 1.807) is 26.0 Å². The molecule has 1 fully saturated rings. The van der Waals surface area contributed by atoms with Crippen LogP contribution in [-0.4, -0.2) is 25.8 Å². The highest BCUT2D eigenvalue weighted by molar-refractivity contribution is 7.10. The first-order chi connectivity index (χ1) is 15.8. The number of aromatic nitrogens is 3. The van der Waals surface area contributed by atoms with Gasteiger partial charge in [0.1, 0.15) is 5.69 Å². The molecule has 0 bridgehead atoms. The molecule has 184 valence electrons. The number of hydrogen-bond donors (Lipinski definition) is 2. The summed E-state index contributed by atoms with van der Waals surface area (Å²) in [5.74, 6) is 0.632. The molecule has 2 N–H and O–H groups in total. The summed E-state index contributed by atoms with van der Waals surface area (Å²) in [5, 5.41) is 18.9. The summed E-state index contributed by atoms with van der Waals surface area (Å²) >= 11 is 0.369. The molecule has 0 atom stereocenters. The Morgan fingerprint density at radius 1 is 1.21 bits per heavy atom. The van der Waals surface area contributed by atoms with Crippen LogP contribution in [0.5, 0.6) is 0 Å². The van der Waals surface area contributed by atoms with Crippen molar-refractivity contribution in [3.63, 3.8) is 0 Å². The number of aliphatic hydroxyl groups is 1. The molecule has 34 heavy (non-hydrogen) atoms. The molecule has 1 amide bonds. The summed E-state index contributed by atoms with van der Waals surface area (Å²) < 4.78 is 40.6. The van der Waals surface area contributed by atoms with Gasteiger partial charge >= 0.3 is 6.18 Å². The van der Waals surface area contributed by atoms with E-state index >= 15 is 0 Å². The monoisotopic (exact) mass is 494 g/mol. The van der Waals surface area contributed by atoms with E-state index in [0.29, 0.717) is 40.1 Å². The number of fused-ring (bicyclic) bond motifs is 1. The molecule has 2 aromatic heterocycles. The molecule has 1 saturated carbocycles. The van der Waals surface area contributed by atoms with Crippen molar-refractivity contribution in [3.8, 4) is 0 Å². The molecule has 0 unspecified atom stereocenters. The molecule has 1 aliphatic carbocycles. The predicted molar refractivity (Wildman–Crippen MR) is 126 cm³/mol. The van der Waals surface area contributed by atoms with Crippen LogP contribution in [-0.2, 0) is 11.8 Å². The van der Waals surface area contributed by atoms with Gasteiger partial charge < -0.3 is 10.4 Å². The van der Waals surface area contributed by atoms with Crippen LogP contribution < -0.4 is 5.32 Å². The fraction of sp³-hybridized carbons (Fsp3) is 0.542. The minimum absolute atomic E-state index is 0.293. The fourth-order valence-electron chi connectivity index (χ4n) is 4.61. The van der Waals surface area contributed by atoms with Crippen LogP contribution in [0.2, 0.25) is 0 Å². The molecular weight excluding hydrogens is 465 g/mol. The molecule has 10 heteroatoms. The molecule has 0 spiro atoms. The molecule has 2 heterocycles. The maximum absolute atomic E-state index is 12.9. The van der Waals surface area contributed by atoms with Crippen LogP contribution in [0.3, 0.4) is 0 Å². The van der Waals surface area contributed by atoms with Crippen molar-refractivity contribution in [3.05, 3.63) is 40.0 Å². The smallest absolute Gasteiger partial charge is 0.386 e. The number of rotatable bonds is 5. The van der Waals surface area contributed by atoms with Crippen molar-refractivity contribution < 1.29 is 23.1 Å². The average Bonchev–Trinajstić information content (AvgIpc) is 3.39. The number of alkyl halides is 3. The number of anilines is 1. The minimum Gasteiger partial charge on any atom is -0.386 e. The lowest BCUT2D eigenvalue weighted by molar-refractivity contribution is -0.137. The molecule has 4 rings (SSSR count). The number of hydrogen-bond acceptors (Lipinski definition) is 5. The Kier molecular flexibility index (Phi) is 6.50. The first-order valence-corrected chi connectivity index (χ1v) is 12.3. The maximum atomic E-state index is 12.9. The lowest BCUT2D eigenvalue weighted by Crippen LogP contribution is -2.21. The van der Waals surface area contributed by atoms with Crippen molar-refractivity contribution in [2.24, 2.45) is 11.8 Å². The van der Waals surface area contributed by atoms with Gasteiger partial charge in [-0.15, -0.1) is 11.3 Å². The van der Waals surface area contributed by atoms with E-state index in [9.17, 15) is 23.1 Å².